The van der Waals surface area contributed by atoms with Crippen molar-refractivity contribution in [3.63, 3.8) is 0 Å². The van der Waals surface area contributed by atoms with Crippen LogP contribution in [0.5, 0.6) is 0 Å². The normalized spacial score (nSPS) is 10.8. The smallest absolute Gasteiger partial charge is 0.0375 e. The van der Waals surface area contributed by atoms with E-state index < -0.39 is 0 Å². The van der Waals surface area contributed by atoms with Gasteiger partial charge in [0.25, 0.3) is 0 Å². The number of hydrogen-bond donors (Lipinski definition) is 0. The Labute approximate surface area is 132 Å². The molecule has 2 nitrogen and oxygen atoms in total. The van der Waals surface area contributed by atoms with Crippen molar-refractivity contribution < 1.29 is 0 Å². The van der Waals surface area contributed by atoms with Crippen LogP contribution >= 0.6 is 11.8 Å². The zero-order chi connectivity index (χ0) is 14.9. The molecule has 112 valence electrons. The molecule has 0 N–H and O–H groups in total. The Kier molecular flexibility index (Phi) is 6.74. The zero-order valence-electron chi connectivity index (χ0n) is 13.0. The Morgan fingerprint density at radius 2 is 1.29 bits per heavy atom. The maximum absolute atomic E-state index is 4.23. The van der Waals surface area contributed by atoms with E-state index in [0.717, 1.165) is 11.4 Å². The number of hydrogen-bond acceptors (Lipinski definition) is 3. The molecule has 0 atom stereocenters. The summed E-state index contributed by atoms with van der Waals surface area (Å²) in [6, 6.07) is 8.64. The topological polar surface area (TPSA) is 25.8 Å². The van der Waals surface area contributed by atoms with Crippen molar-refractivity contribution in [1.29, 1.82) is 0 Å². The van der Waals surface area contributed by atoms with Gasteiger partial charge in [-0.15, -0.1) is 0 Å². The van der Waals surface area contributed by atoms with Crippen LogP contribution in [0, 0.1) is 13.8 Å². The van der Waals surface area contributed by atoms with E-state index in [1.165, 1.54) is 48.3 Å². The van der Waals surface area contributed by atoms with Crippen LogP contribution in [-0.4, -0.2) is 21.5 Å². The number of rotatable bonds is 8. The molecule has 0 amide bonds. The average Bonchev–Trinajstić information content (AvgIpc) is 2.46. The first-order chi connectivity index (χ1) is 10.2. The summed E-state index contributed by atoms with van der Waals surface area (Å²) in [5, 5.41) is 0. The zero-order valence-corrected chi connectivity index (χ0v) is 13.8. The highest BCUT2D eigenvalue weighted by Crippen LogP contribution is 2.12. The van der Waals surface area contributed by atoms with Gasteiger partial charge in [0.2, 0.25) is 0 Å². The average molecular weight is 300 g/mol. The first-order valence-corrected chi connectivity index (χ1v) is 8.80. The van der Waals surface area contributed by atoms with E-state index in [9.17, 15) is 0 Å². The Bertz CT molecular complexity index is 505. The molecule has 0 spiro atoms. The van der Waals surface area contributed by atoms with Gasteiger partial charge in [0.1, 0.15) is 0 Å². The van der Waals surface area contributed by atoms with E-state index in [1.807, 2.05) is 12.4 Å². The predicted octanol–water partition coefficient (Wildman–Crippen LogP) is 4.39. The summed E-state index contributed by atoms with van der Waals surface area (Å²) >= 11 is 2.07. The molecule has 0 aliphatic rings. The number of thioether (sulfide) groups is 1. The molecule has 0 unspecified atom stereocenters. The molecule has 2 aromatic heterocycles. The first kappa shape index (κ1) is 16.0. The fourth-order valence-corrected chi connectivity index (χ4v) is 3.28. The SMILES string of the molecule is Cc1cc(CCCSCCCc2ccnc(C)c2)ccn1. The van der Waals surface area contributed by atoms with Crippen LogP contribution in [0.25, 0.3) is 0 Å². The summed E-state index contributed by atoms with van der Waals surface area (Å²) in [5.41, 5.74) is 5.06. The summed E-state index contributed by atoms with van der Waals surface area (Å²) in [4.78, 5) is 8.47. The van der Waals surface area contributed by atoms with Crippen LogP contribution in [0.15, 0.2) is 36.7 Å². The third-order valence-electron chi connectivity index (χ3n) is 3.43. The minimum Gasteiger partial charge on any atom is -0.262 e. The maximum atomic E-state index is 4.23. The predicted molar refractivity (Wildman–Crippen MR) is 91.9 cm³/mol. The Morgan fingerprint density at radius 1 is 0.810 bits per heavy atom. The lowest BCUT2D eigenvalue weighted by Gasteiger charge is -2.04. The van der Waals surface area contributed by atoms with E-state index in [4.69, 9.17) is 0 Å². The Hall–Kier alpha value is -1.35. The summed E-state index contributed by atoms with van der Waals surface area (Å²) in [7, 11) is 0. The van der Waals surface area contributed by atoms with Crippen molar-refractivity contribution in [1.82, 2.24) is 9.97 Å². The van der Waals surface area contributed by atoms with Gasteiger partial charge in [0, 0.05) is 23.8 Å². The molecule has 0 aliphatic carbocycles. The van der Waals surface area contributed by atoms with Crippen molar-refractivity contribution in [3.05, 3.63) is 59.2 Å². The molecule has 2 aromatic rings. The Morgan fingerprint density at radius 3 is 1.71 bits per heavy atom. The number of pyridine rings is 2. The van der Waals surface area contributed by atoms with Gasteiger partial charge in [0.05, 0.1) is 0 Å². The van der Waals surface area contributed by atoms with E-state index in [0.29, 0.717) is 0 Å². The molecule has 0 aromatic carbocycles. The highest BCUT2D eigenvalue weighted by molar-refractivity contribution is 7.99. The molecule has 0 saturated heterocycles. The highest BCUT2D eigenvalue weighted by Gasteiger charge is 1.97. The second-order valence-corrected chi connectivity index (χ2v) is 6.66. The number of aryl methyl sites for hydroxylation is 4. The van der Waals surface area contributed by atoms with Crippen LogP contribution in [-0.2, 0) is 12.8 Å². The minimum atomic E-state index is 1.12. The summed E-state index contributed by atoms with van der Waals surface area (Å²) in [5.74, 6) is 2.49. The van der Waals surface area contributed by atoms with Gasteiger partial charge in [-0.05, 0) is 86.4 Å². The van der Waals surface area contributed by atoms with Gasteiger partial charge < -0.3 is 0 Å². The Balaban J connectivity index is 1.54. The van der Waals surface area contributed by atoms with Gasteiger partial charge >= 0.3 is 0 Å². The van der Waals surface area contributed by atoms with Gasteiger partial charge in [-0.3, -0.25) is 9.97 Å². The standard InChI is InChI=1S/C18H24N2S/c1-15-13-17(7-9-19-15)5-3-11-21-12-4-6-18-8-10-20-16(2)14-18/h7-10,13-14H,3-6,11-12H2,1-2H3. The number of aromatic nitrogens is 2. The van der Waals surface area contributed by atoms with Crippen LogP contribution in [0.4, 0.5) is 0 Å². The van der Waals surface area contributed by atoms with Gasteiger partial charge in [-0.2, -0.15) is 11.8 Å². The van der Waals surface area contributed by atoms with Crippen LogP contribution in [0.3, 0.4) is 0 Å². The van der Waals surface area contributed by atoms with Crippen molar-refractivity contribution in [2.24, 2.45) is 0 Å². The molecule has 0 aliphatic heterocycles. The van der Waals surface area contributed by atoms with Crippen LogP contribution in [0.1, 0.15) is 35.4 Å². The molecule has 3 heteroatoms. The lowest BCUT2D eigenvalue weighted by atomic mass is 10.1. The summed E-state index contributed by atoms with van der Waals surface area (Å²) in [6.45, 7) is 4.11. The minimum absolute atomic E-state index is 1.12. The quantitative estimate of drug-likeness (QED) is 0.676. The molecule has 2 heterocycles. The maximum Gasteiger partial charge on any atom is 0.0375 e. The van der Waals surface area contributed by atoms with Gasteiger partial charge in [-0.25, -0.2) is 0 Å². The van der Waals surface area contributed by atoms with Gasteiger partial charge in [0.15, 0.2) is 0 Å². The van der Waals surface area contributed by atoms with E-state index in [1.54, 1.807) is 0 Å². The van der Waals surface area contributed by atoms with Crippen molar-refractivity contribution in [2.45, 2.75) is 39.5 Å². The molecule has 0 radical (unpaired) electrons. The molecule has 0 fully saturated rings. The molecular weight excluding hydrogens is 276 g/mol. The molecule has 0 saturated carbocycles. The van der Waals surface area contributed by atoms with Crippen molar-refractivity contribution in [2.75, 3.05) is 11.5 Å². The molecule has 2 rings (SSSR count). The van der Waals surface area contributed by atoms with E-state index in [-0.39, 0.29) is 0 Å². The molecule has 0 bridgehead atoms. The lowest BCUT2D eigenvalue weighted by Crippen LogP contribution is -1.93. The monoisotopic (exact) mass is 300 g/mol. The first-order valence-electron chi connectivity index (χ1n) is 7.65. The van der Waals surface area contributed by atoms with Gasteiger partial charge in [-0.1, -0.05) is 0 Å². The second-order valence-electron chi connectivity index (χ2n) is 5.43. The fraction of sp³-hybridized carbons (Fsp3) is 0.444. The third-order valence-corrected chi connectivity index (χ3v) is 4.59. The third kappa shape index (κ3) is 6.30. The summed E-state index contributed by atoms with van der Waals surface area (Å²) in [6.07, 6.45) is 8.66. The van der Waals surface area contributed by atoms with Crippen molar-refractivity contribution >= 4 is 11.8 Å². The van der Waals surface area contributed by atoms with Crippen LogP contribution in [0.2, 0.25) is 0 Å². The number of nitrogens with zero attached hydrogens (tertiary/aromatic N) is 2. The lowest BCUT2D eigenvalue weighted by molar-refractivity contribution is 0.907. The van der Waals surface area contributed by atoms with E-state index >= 15 is 0 Å². The second kappa shape index (κ2) is 8.83. The fourth-order valence-electron chi connectivity index (χ4n) is 2.38. The van der Waals surface area contributed by atoms with E-state index in [2.05, 4.69) is 59.8 Å². The van der Waals surface area contributed by atoms with Crippen LogP contribution < -0.4 is 0 Å². The van der Waals surface area contributed by atoms with Crippen molar-refractivity contribution in [3.8, 4) is 0 Å². The molecule has 21 heavy (non-hydrogen) atoms. The highest BCUT2D eigenvalue weighted by atomic mass is 32.2. The molecular formula is C18H24N2S. The largest absolute Gasteiger partial charge is 0.262 e. The summed E-state index contributed by atoms with van der Waals surface area (Å²) < 4.78 is 0.